The highest BCUT2D eigenvalue weighted by molar-refractivity contribution is 9.10. The Morgan fingerprint density at radius 3 is 3.00 bits per heavy atom. The lowest BCUT2D eigenvalue weighted by Crippen LogP contribution is -2.15. The Bertz CT molecular complexity index is 522. The fraction of sp³-hybridized carbons (Fsp3) is 0.333. The molecule has 88 valence electrons. The van der Waals surface area contributed by atoms with Crippen LogP contribution in [0.15, 0.2) is 33.2 Å². The largest absolute Gasteiger partial charge is 0.419 e. The first-order valence-electron chi connectivity index (χ1n) is 5.63. The van der Waals surface area contributed by atoms with E-state index in [-0.39, 0.29) is 0 Å². The molecule has 1 saturated carbocycles. The van der Waals surface area contributed by atoms with Crippen LogP contribution in [-0.4, -0.2) is 16.2 Å². The van der Waals surface area contributed by atoms with Crippen molar-refractivity contribution in [1.29, 1.82) is 0 Å². The van der Waals surface area contributed by atoms with Crippen molar-refractivity contribution >= 4 is 15.9 Å². The molecule has 1 aromatic carbocycles. The zero-order valence-corrected chi connectivity index (χ0v) is 10.8. The molecule has 0 amide bonds. The van der Waals surface area contributed by atoms with Gasteiger partial charge in [-0.3, -0.25) is 0 Å². The average Bonchev–Trinajstić information content (AvgIpc) is 3.04. The van der Waals surface area contributed by atoms with Gasteiger partial charge in [-0.1, -0.05) is 22.0 Å². The predicted octanol–water partition coefficient (Wildman–Crippen LogP) is 2.75. The van der Waals surface area contributed by atoms with Gasteiger partial charge in [0, 0.05) is 16.1 Å². The van der Waals surface area contributed by atoms with E-state index in [0.717, 1.165) is 10.0 Å². The number of hydrogen-bond donors (Lipinski definition) is 1. The Labute approximate surface area is 108 Å². The first-order valence-corrected chi connectivity index (χ1v) is 6.42. The summed E-state index contributed by atoms with van der Waals surface area (Å²) in [6.45, 7) is 0.658. The molecule has 17 heavy (non-hydrogen) atoms. The molecule has 1 aliphatic carbocycles. The number of nitrogens with one attached hydrogen (secondary N) is 1. The monoisotopic (exact) mass is 293 g/mol. The maximum absolute atomic E-state index is 5.60. The lowest BCUT2D eigenvalue weighted by Gasteiger charge is -1.97. The van der Waals surface area contributed by atoms with Crippen molar-refractivity contribution in [2.24, 2.45) is 0 Å². The third-order valence-corrected chi connectivity index (χ3v) is 3.15. The number of nitrogens with zero attached hydrogens (tertiary/aromatic N) is 2. The van der Waals surface area contributed by atoms with Gasteiger partial charge in [-0.2, -0.15) is 0 Å². The second-order valence-electron chi connectivity index (χ2n) is 4.17. The topological polar surface area (TPSA) is 51.0 Å². The van der Waals surface area contributed by atoms with Gasteiger partial charge in [0.05, 0.1) is 6.54 Å². The zero-order valence-electron chi connectivity index (χ0n) is 9.19. The minimum atomic E-state index is 0.568. The van der Waals surface area contributed by atoms with E-state index in [1.165, 1.54) is 12.8 Å². The van der Waals surface area contributed by atoms with Crippen LogP contribution in [0, 0.1) is 0 Å². The van der Waals surface area contributed by atoms with E-state index in [4.69, 9.17) is 4.42 Å². The molecule has 0 atom stereocenters. The molecule has 0 bridgehead atoms. The van der Waals surface area contributed by atoms with Gasteiger partial charge < -0.3 is 9.73 Å². The number of rotatable bonds is 4. The van der Waals surface area contributed by atoms with E-state index in [1.54, 1.807) is 0 Å². The van der Waals surface area contributed by atoms with Crippen molar-refractivity contribution in [3.05, 3.63) is 34.6 Å². The lowest BCUT2D eigenvalue weighted by atomic mass is 10.2. The van der Waals surface area contributed by atoms with E-state index >= 15 is 0 Å². The number of aromatic nitrogens is 2. The Hall–Kier alpha value is -1.20. The van der Waals surface area contributed by atoms with Gasteiger partial charge in [-0.05, 0) is 31.0 Å². The molecule has 1 heterocycles. The third-order valence-electron chi connectivity index (χ3n) is 2.66. The van der Waals surface area contributed by atoms with E-state index in [0.29, 0.717) is 24.4 Å². The first kappa shape index (κ1) is 10.9. The second kappa shape index (κ2) is 4.58. The lowest BCUT2D eigenvalue weighted by molar-refractivity contribution is 0.476. The summed E-state index contributed by atoms with van der Waals surface area (Å²) in [6.07, 6.45) is 2.51. The van der Waals surface area contributed by atoms with Crippen molar-refractivity contribution in [3.8, 4) is 11.5 Å². The zero-order chi connectivity index (χ0) is 11.7. The molecule has 0 spiro atoms. The standard InChI is InChI=1S/C12H12BrN3O/c13-9-3-1-2-8(6-9)12-16-15-11(17-12)7-14-10-4-5-10/h1-3,6,10,14H,4-5,7H2. The highest BCUT2D eigenvalue weighted by Gasteiger charge is 2.21. The molecule has 0 saturated heterocycles. The summed E-state index contributed by atoms with van der Waals surface area (Å²) >= 11 is 3.42. The van der Waals surface area contributed by atoms with Gasteiger partial charge in [-0.25, -0.2) is 0 Å². The molecule has 5 heteroatoms. The van der Waals surface area contributed by atoms with E-state index < -0.39 is 0 Å². The maximum atomic E-state index is 5.60. The molecule has 1 aliphatic rings. The third kappa shape index (κ3) is 2.73. The number of halogens is 1. The Morgan fingerprint density at radius 2 is 2.24 bits per heavy atom. The molecule has 1 N–H and O–H groups in total. The van der Waals surface area contributed by atoms with Crippen molar-refractivity contribution in [1.82, 2.24) is 15.5 Å². The van der Waals surface area contributed by atoms with Crippen LogP contribution in [0.2, 0.25) is 0 Å². The van der Waals surface area contributed by atoms with Crippen LogP contribution >= 0.6 is 15.9 Å². The summed E-state index contributed by atoms with van der Waals surface area (Å²) in [7, 11) is 0. The summed E-state index contributed by atoms with van der Waals surface area (Å²) in [4.78, 5) is 0. The molecular weight excluding hydrogens is 282 g/mol. The van der Waals surface area contributed by atoms with Crippen LogP contribution in [0.25, 0.3) is 11.5 Å². The average molecular weight is 294 g/mol. The molecule has 1 fully saturated rings. The van der Waals surface area contributed by atoms with E-state index in [9.17, 15) is 0 Å². The van der Waals surface area contributed by atoms with Gasteiger partial charge in [0.25, 0.3) is 0 Å². The van der Waals surface area contributed by atoms with E-state index in [1.807, 2.05) is 24.3 Å². The van der Waals surface area contributed by atoms with Crippen molar-refractivity contribution in [2.45, 2.75) is 25.4 Å². The SMILES string of the molecule is Brc1cccc(-c2nnc(CNC3CC3)o2)c1. The summed E-state index contributed by atoms with van der Waals surface area (Å²) in [6, 6.07) is 8.49. The summed E-state index contributed by atoms with van der Waals surface area (Å²) in [5, 5.41) is 11.4. The number of hydrogen-bond acceptors (Lipinski definition) is 4. The Morgan fingerprint density at radius 1 is 1.35 bits per heavy atom. The summed E-state index contributed by atoms with van der Waals surface area (Å²) in [5.41, 5.74) is 0.935. The maximum Gasteiger partial charge on any atom is 0.247 e. The van der Waals surface area contributed by atoms with Gasteiger partial charge in [0.1, 0.15) is 0 Å². The van der Waals surface area contributed by atoms with Crippen LogP contribution in [0.4, 0.5) is 0 Å². The minimum absolute atomic E-state index is 0.568. The van der Waals surface area contributed by atoms with Crippen LogP contribution in [0.5, 0.6) is 0 Å². The van der Waals surface area contributed by atoms with Gasteiger partial charge >= 0.3 is 0 Å². The molecule has 2 aromatic rings. The quantitative estimate of drug-likeness (QED) is 0.942. The molecule has 3 rings (SSSR count). The summed E-state index contributed by atoms with van der Waals surface area (Å²) in [5.74, 6) is 1.21. The van der Waals surface area contributed by atoms with Crippen LogP contribution in [-0.2, 0) is 6.54 Å². The van der Waals surface area contributed by atoms with E-state index in [2.05, 4.69) is 31.4 Å². The first-order chi connectivity index (χ1) is 8.31. The van der Waals surface area contributed by atoms with Gasteiger partial charge in [-0.15, -0.1) is 10.2 Å². The molecular formula is C12H12BrN3O. The van der Waals surface area contributed by atoms with Crippen molar-refractivity contribution < 1.29 is 4.42 Å². The predicted molar refractivity (Wildman–Crippen MR) is 67.3 cm³/mol. The Kier molecular flexibility index (Phi) is 2.94. The molecule has 1 aromatic heterocycles. The normalized spacial score (nSPS) is 15.1. The van der Waals surface area contributed by atoms with Crippen LogP contribution < -0.4 is 5.32 Å². The number of benzene rings is 1. The fourth-order valence-electron chi connectivity index (χ4n) is 1.58. The Balaban J connectivity index is 1.74. The summed E-state index contributed by atoms with van der Waals surface area (Å²) < 4.78 is 6.60. The minimum Gasteiger partial charge on any atom is -0.419 e. The smallest absolute Gasteiger partial charge is 0.247 e. The highest BCUT2D eigenvalue weighted by atomic mass is 79.9. The van der Waals surface area contributed by atoms with Crippen LogP contribution in [0.1, 0.15) is 18.7 Å². The van der Waals surface area contributed by atoms with Crippen molar-refractivity contribution in [3.63, 3.8) is 0 Å². The highest BCUT2D eigenvalue weighted by Crippen LogP contribution is 2.22. The molecule has 4 nitrogen and oxygen atoms in total. The second-order valence-corrected chi connectivity index (χ2v) is 5.08. The fourth-order valence-corrected chi connectivity index (χ4v) is 1.98. The molecule has 0 aliphatic heterocycles. The van der Waals surface area contributed by atoms with Gasteiger partial charge in [0.15, 0.2) is 0 Å². The van der Waals surface area contributed by atoms with Gasteiger partial charge in [0.2, 0.25) is 11.8 Å². The molecule has 0 radical (unpaired) electrons. The van der Waals surface area contributed by atoms with Crippen LogP contribution in [0.3, 0.4) is 0 Å². The van der Waals surface area contributed by atoms with Crippen molar-refractivity contribution in [2.75, 3.05) is 0 Å². The molecule has 0 unspecified atom stereocenters.